The van der Waals surface area contributed by atoms with Gasteiger partial charge in [0.05, 0.1) is 0 Å². The van der Waals surface area contributed by atoms with Gasteiger partial charge in [0.2, 0.25) is 0 Å². The second kappa shape index (κ2) is 8.12. The number of aromatic nitrogens is 1. The van der Waals surface area contributed by atoms with Crippen molar-refractivity contribution in [3.8, 4) is 5.75 Å². The highest BCUT2D eigenvalue weighted by Gasteiger charge is 2.01. The molecule has 0 aliphatic rings. The molecule has 0 saturated carbocycles. The second-order valence-electron chi connectivity index (χ2n) is 4.46. The van der Waals surface area contributed by atoms with Crippen molar-refractivity contribution < 1.29 is 4.74 Å². The van der Waals surface area contributed by atoms with Crippen LogP contribution in [0.25, 0.3) is 0 Å². The molecule has 3 nitrogen and oxygen atoms in total. The maximum atomic E-state index is 5.63. The summed E-state index contributed by atoms with van der Waals surface area (Å²) in [6, 6.07) is 14.1. The third-order valence-electron chi connectivity index (χ3n) is 2.93. The number of rotatable bonds is 8. The van der Waals surface area contributed by atoms with Crippen LogP contribution < -0.4 is 10.1 Å². The normalized spacial score (nSPS) is 10.2. The summed E-state index contributed by atoms with van der Waals surface area (Å²) in [5.74, 6) is 0.915. The standard InChI is InChI=1S/C17H20N2O/c1-2-13-20-17-9-4-3-7-15(17)14-18-12-10-16-8-5-6-11-19-16/h2-9,11,18H,1,10,12-14H2. The Kier molecular flexibility index (Phi) is 5.80. The van der Waals surface area contributed by atoms with E-state index in [4.69, 9.17) is 4.74 Å². The first kappa shape index (κ1) is 14.3. The first-order valence-electron chi connectivity index (χ1n) is 6.82. The average Bonchev–Trinajstić information content (AvgIpc) is 2.51. The molecule has 104 valence electrons. The van der Waals surface area contributed by atoms with Crippen molar-refractivity contribution >= 4 is 0 Å². The fraction of sp³-hybridized carbons (Fsp3) is 0.235. The van der Waals surface area contributed by atoms with E-state index in [2.05, 4.69) is 22.9 Å². The largest absolute Gasteiger partial charge is 0.489 e. The number of hydrogen-bond acceptors (Lipinski definition) is 3. The molecule has 2 aromatic rings. The van der Waals surface area contributed by atoms with E-state index < -0.39 is 0 Å². The Hall–Kier alpha value is -2.13. The van der Waals surface area contributed by atoms with Crippen molar-refractivity contribution in [1.29, 1.82) is 0 Å². The van der Waals surface area contributed by atoms with Gasteiger partial charge in [0.1, 0.15) is 12.4 Å². The van der Waals surface area contributed by atoms with Gasteiger partial charge in [-0.2, -0.15) is 0 Å². The lowest BCUT2D eigenvalue weighted by Crippen LogP contribution is -2.17. The molecule has 0 radical (unpaired) electrons. The molecule has 1 aromatic carbocycles. The predicted octanol–water partition coefficient (Wildman–Crippen LogP) is 2.98. The van der Waals surface area contributed by atoms with E-state index in [1.165, 1.54) is 0 Å². The molecule has 1 N–H and O–H groups in total. The molecule has 0 unspecified atom stereocenters. The van der Waals surface area contributed by atoms with Gasteiger partial charge >= 0.3 is 0 Å². The monoisotopic (exact) mass is 268 g/mol. The smallest absolute Gasteiger partial charge is 0.124 e. The number of benzene rings is 1. The van der Waals surface area contributed by atoms with Gasteiger partial charge < -0.3 is 10.1 Å². The Balaban J connectivity index is 1.80. The van der Waals surface area contributed by atoms with Gasteiger partial charge in [0, 0.05) is 37.0 Å². The van der Waals surface area contributed by atoms with Gasteiger partial charge in [-0.25, -0.2) is 0 Å². The Bertz CT molecular complexity index is 526. The fourth-order valence-electron chi connectivity index (χ4n) is 1.92. The van der Waals surface area contributed by atoms with Crippen molar-refractivity contribution in [2.24, 2.45) is 0 Å². The van der Waals surface area contributed by atoms with Crippen LogP contribution in [0.15, 0.2) is 61.3 Å². The van der Waals surface area contributed by atoms with Crippen LogP contribution in [-0.2, 0) is 13.0 Å². The number of para-hydroxylation sites is 1. The van der Waals surface area contributed by atoms with E-state index in [0.29, 0.717) is 6.61 Å². The van der Waals surface area contributed by atoms with E-state index in [-0.39, 0.29) is 0 Å². The summed E-state index contributed by atoms with van der Waals surface area (Å²) >= 11 is 0. The summed E-state index contributed by atoms with van der Waals surface area (Å²) < 4.78 is 5.63. The van der Waals surface area contributed by atoms with Gasteiger partial charge in [-0.3, -0.25) is 4.98 Å². The molecule has 0 aliphatic heterocycles. The van der Waals surface area contributed by atoms with E-state index >= 15 is 0 Å². The zero-order valence-electron chi connectivity index (χ0n) is 11.6. The number of ether oxygens (including phenoxy) is 1. The van der Waals surface area contributed by atoms with Gasteiger partial charge in [0.25, 0.3) is 0 Å². The van der Waals surface area contributed by atoms with Crippen molar-refractivity contribution in [2.45, 2.75) is 13.0 Å². The van der Waals surface area contributed by atoms with Crippen LogP contribution in [0, 0.1) is 0 Å². The SMILES string of the molecule is C=CCOc1ccccc1CNCCc1ccccn1. The van der Waals surface area contributed by atoms with Gasteiger partial charge in [0.15, 0.2) is 0 Å². The molecule has 0 saturated heterocycles. The minimum absolute atomic E-state index is 0.533. The third kappa shape index (κ3) is 4.52. The van der Waals surface area contributed by atoms with Crippen LogP contribution >= 0.6 is 0 Å². The Labute approximate surface area is 120 Å². The Morgan fingerprint density at radius 3 is 2.80 bits per heavy atom. The van der Waals surface area contributed by atoms with Gasteiger partial charge in [-0.1, -0.05) is 36.9 Å². The molecule has 3 heteroatoms. The highest BCUT2D eigenvalue weighted by atomic mass is 16.5. The molecule has 0 amide bonds. The molecule has 2 rings (SSSR count). The van der Waals surface area contributed by atoms with Gasteiger partial charge in [-0.15, -0.1) is 0 Å². The third-order valence-corrected chi connectivity index (χ3v) is 2.93. The van der Waals surface area contributed by atoms with Crippen LogP contribution in [0.4, 0.5) is 0 Å². The Morgan fingerprint density at radius 1 is 1.15 bits per heavy atom. The summed E-state index contributed by atoms with van der Waals surface area (Å²) in [6.45, 7) is 5.89. The summed E-state index contributed by atoms with van der Waals surface area (Å²) in [5.41, 5.74) is 2.27. The maximum absolute atomic E-state index is 5.63. The van der Waals surface area contributed by atoms with E-state index in [1.807, 2.05) is 42.6 Å². The Morgan fingerprint density at radius 2 is 2.00 bits per heavy atom. The molecular formula is C17H20N2O. The highest BCUT2D eigenvalue weighted by molar-refractivity contribution is 5.33. The minimum Gasteiger partial charge on any atom is -0.489 e. The quantitative estimate of drug-likeness (QED) is 0.590. The molecule has 0 atom stereocenters. The first-order chi connectivity index (χ1) is 9.90. The number of nitrogens with one attached hydrogen (secondary N) is 1. The van der Waals surface area contributed by atoms with E-state index in [0.717, 1.165) is 36.5 Å². The molecule has 20 heavy (non-hydrogen) atoms. The molecular weight excluding hydrogens is 248 g/mol. The lowest BCUT2D eigenvalue weighted by molar-refractivity contribution is 0.358. The molecule has 0 bridgehead atoms. The highest BCUT2D eigenvalue weighted by Crippen LogP contribution is 2.17. The number of pyridine rings is 1. The van der Waals surface area contributed by atoms with Crippen LogP contribution in [0.2, 0.25) is 0 Å². The lowest BCUT2D eigenvalue weighted by Gasteiger charge is -2.10. The molecule has 1 aromatic heterocycles. The molecule has 0 spiro atoms. The average molecular weight is 268 g/mol. The summed E-state index contributed by atoms with van der Waals surface area (Å²) in [7, 11) is 0. The lowest BCUT2D eigenvalue weighted by atomic mass is 10.2. The van der Waals surface area contributed by atoms with Crippen LogP contribution in [0.3, 0.4) is 0 Å². The maximum Gasteiger partial charge on any atom is 0.124 e. The zero-order chi connectivity index (χ0) is 14.0. The van der Waals surface area contributed by atoms with Crippen molar-refractivity contribution in [3.05, 3.63) is 72.6 Å². The molecule has 1 heterocycles. The van der Waals surface area contributed by atoms with Crippen LogP contribution in [0.1, 0.15) is 11.3 Å². The van der Waals surface area contributed by atoms with Crippen LogP contribution in [-0.4, -0.2) is 18.1 Å². The first-order valence-corrected chi connectivity index (χ1v) is 6.82. The predicted molar refractivity (Wildman–Crippen MR) is 81.8 cm³/mol. The number of hydrogen-bond donors (Lipinski definition) is 1. The second-order valence-corrected chi connectivity index (χ2v) is 4.46. The van der Waals surface area contributed by atoms with Crippen molar-refractivity contribution in [1.82, 2.24) is 10.3 Å². The van der Waals surface area contributed by atoms with Crippen molar-refractivity contribution in [3.63, 3.8) is 0 Å². The fourth-order valence-corrected chi connectivity index (χ4v) is 1.92. The van der Waals surface area contributed by atoms with E-state index in [9.17, 15) is 0 Å². The summed E-state index contributed by atoms with van der Waals surface area (Å²) in [6.07, 6.45) is 4.51. The topological polar surface area (TPSA) is 34.1 Å². The number of nitrogens with zero attached hydrogens (tertiary/aromatic N) is 1. The summed E-state index contributed by atoms with van der Waals surface area (Å²) in [5, 5.41) is 3.42. The zero-order valence-corrected chi connectivity index (χ0v) is 11.6. The van der Waals surface area contributed by atoms with E-state index in [1.54, 1.807) is 6.08 Å². The van der Waals surface area contributed by atoms with Crippen LogP contribution in [0.5, 0.6) is 5.75 Å². The molecule has 0 fully saturated rings. The molecule has 0 aliphatic carbocycles. The summed E-state index contributed by atoms with van der Waals surface area (Å²) in [4.78, 5) is 4.31. The van der Waals surface area contributed by atoms with Gasteiger partial charge in [-0.05, 0) is 18.2 Å². The van der Waals surface area contributed by atoms with Crippen molar-refractivity contribution in [2.75, 3.05) is 13.2 Å². The minimum atomic E-state index is 0.533.